The molecule has 1 atom stereocenters. The summed E-state index contributed by atoms with van der Waals surface area (Å²) in [5.74, 6) is -1.95. The zero-order valence-electron chi connectivity index (χ0n) is 14.2. The Balaban J connectivity index is 2.35. The lowest BCUT2D eigenvalue weighted by atomic mass is 10.1. The molecule has 2 rings (SSSR count). The van der Waals surface area contributed by atoms with E-state index < -0.39 is 23.7 Å². The van der Waals surface area contributed by atoms with E-state index in [-0.39, 0.29) is 30.4 Å². The highest BCUT2D eigenvalue weighted by molar-refractivity contribution is 6.20. The molecule has 0 N–H and O–H groups in total. The molecule has 7 nitrogen and oxygen atoms in total. The molecule has 0 amide bonds. The van der Waals surface area contributed by atoms with Gasteiger partial charge in [-0.3, -0.25) is 0 Å². The molecule has 0 saturated heterocycles. The highest BCUT2D eigenvalue weighted by atomic mass is 35.5. The average Bonchev–Trinajstić information content (AvgIpc) is 2.66. The standard InChI is InChI=1S/C16H15ClF3NO6/c1-24-13(22)11-7-26-8-21(12(11)14(23)25-2)9-3-5-10(6-4-9)27-16(19,20)15(17)18/h3-6,15H,7-8H2,1-2H3. The number of rotatable bonds is 6. The molecular weight excluding hydrogens is 395 g/mol. The van der Waals surface area contributed by atoms with E-state index in [0.29, 0.717) is 5.69 Å². The fourth-order valence-corrected chi connectivity index (χ4v) is 2.29. The van der Waals surface area contributed by atoms with Gasteiger partial charge in [-0.1, -0.05) is 11.6 Å². The SMILES string of the molecule is COC(=O)C1=C(C(=O)OC)N(c2ccc(OC(F)(F)C(F)Cl)cc2)COC1. The molecule has 0 aromatic heterocycles. The highest BCUT2D eigenvalue weighted by Crippen LogP contribution is 2.32. The van der Waals surface area contributed by atoms with Gasteiger partial charge in [0.1, 0.15) is 18.2 Å². The van der Waals surface area contributed by atoms with E-state index in [1.165, 1.54) is 17.0 Å². The van der Waals surface area contributed by atoms with Crippen LogP contribution in [0.1, 0.15) is 0 Å². The number of halogens is 4. The van der Waals surface area contributed by atoms with Gasteiger partial charge in [-0.15, -0.1) is 0 Å². The van der Waals surface area contributed by atoms with Gasteiger partial charge >= 0.3 is 18.0 Å². The van der Waals surface area contributed by atoms with E-state index >= 15 is 0 Å². The predicted octanol–water partition coefficient (Wildman–Crippen LogP) is 2.59. The zero-order chi connectivity index (χ0) is 20.2. The van der Waals surface area contributed by atoms with Crippen LogP contribution in [0, 0.1) is 0 Å². The summed E-state index contributed by atoms with van der Waals surface area (Å²) in [6, 6.07) is 4.84. The number of methoxy groups -OCH3 is 2. The Labute approximate surface area is 157 Å². The molecule has 0 bridgehead atoms. The van der Waals surface area contributed by atoms with Gasteiger partial charge in [0, 0.05) is 5.69 Å². The number of benzene rings is 1. The molecule has 0 radical (unpaired) electrons. The Kier molecular flexibility index (Phi) is 6.55. The number of esters is 2. The molecule has 27 heavy (non-hydrogen) atoms. The second-order valence-electron chi connectivity index (χ2n) is 5.17. The van der Waals surface area contributed by atoms with Crippen LogP contribution in [-0.4, -0.2) is 51.2 Å². The third-order valence-electron chi connectivity index (χ3n) is 3.49. The number of hydrogen-bond donors (Lipinski definition) is 0. The third-order valence-corrected chi connectivity index (χ3v) is 3.74. The van der Waals surface area contributed by atoms with Gasteiger partial charge in [0.15, 0.2) is 0 Å². The van der Waals surface area contributed by atoms with Crippen molar-refractivity contribution >= 4 is 29.2 Å². The van der Waals surface area contributed by atoms with Crippen LogP contribution in [0.5, 0.6) is 5.75 Å². The first kappa shape index (κ1) is 20.8. The molecule has 148 valence electrons. The lowest BCUT2D eigenvalue weighted by molar-refractivity contribution is -0.199. The predicted molar refractivity (Wildman–Crippen MR) is 87.1 cm³/mol. The van der Waals surface area contributed by atoms with E-state index in [4.69, 9.17) is 21.1 Å². The van der Waals surface area contributed by atoms with Crippen molar-refractivity contribution in [3.63, 3.8) is 0 Å². The molecule has 1 unspecified atom stereocenters. The smallest absolute Gasteiger partial charge is 0.444 e. The van der Waals surface area contributed by atoms with E-state index in [1.54, 1.807) is 0 Å². The molecule has 0 fully saturated rings. The van der Waals surface area contributed by atoms with Crippen molar-refractivity contribution in [1.82, 2.24) is 0 Å². The molecule has 1 heterocycles. The molecule has 1 aromatic carbocycles. The largest absolute Gasteiger partial charge is 0.466 e. The Morgan fingerprint density at radius 2 is 1.78 bits per heavy atom. The van der Waals surface area contributed by atoms with Crippen LogP contribution < -0.4 is 9.64 Å². The van der Waals surface area contributed by atoms with Crippen LogP contribution in [0.15, 0.2) is 35.5 Å². The molecule has 0 spiro atoms. The number of nitrogens with zero attached hydrogens (tertiary/aromatic N) is 1. The van der Waals surface area contributed by atoms with Gasteiger partial charge in [0.25, 0.3) is 5.63 Å². The quantitative estimate of drug-likeness (QED) is 0.528. The molecule has 1 aromatic rings. The van der Waals surface area contributed by atoms with Crippen molar-refractivity contribution in [2.24, 2.45) is 0 Å². The summed E-state index contributed by atoms with van der Waals surface area (Å²) in [7, 11) is 2.28. The molecule has 11 heteroatoms. The maximum absolute atomic E-state index is 13.2. The first-order chi connectivity index (χ1) is 12.7. The Hall–Kier alpha value is -2.46. The van der Waals surface area contributed by atoms with Crippen molar-refractivity contribution in [2.75, 3.05) is 32.5 Å². The topological polar surface area (TPSA) is 74.3 Å². The van der Waals surface area contributed by atoms with Crippen LogP contribution in [0.2, 0.25) is 0 Å². The number of anilines is 1. The first-order valence-electron chi connectivity index (χ1n) is 7.41. The first-order valence-corrected chi connectivity index (χ1v) is 7.85. The van der Waals surface area contributed by atoms with Crippen LogP contribution in [0.3, 0.4) is 0 Å². The van der Waals surface area contributed by atoms with Crippen molar-refractivity contribution < 1.29 is 41.7 Å². The van der Waals surface area contributed by atoms with E-state index in [2.05, 4.69) is 9.47 Å². The van der Waals surface area contributed by atoms with Gasteiger partial charge in [-0.2, -0.15) is 8.78 Å². The summed E-state index contributed by atoms with van der Waals surface area (Å²) >= 11 is 4.73. The molecular formula is C16H15ClF3NO6. The number of ether oxygens (including phenoxy) is 4. The summed E-state index contributed by atoms with van der Waals surface area (Å²) in [6.45, 7) is -0.288. The van der Waals surface area contributed by atoms with Crippen molar-refractivity contribution in [3.8, 4) is 5.75 Å². The lowest BCUT2D eigenvalue weighted by Gasteiger charge is -2.31. The van der Waals surface area contributed by atoms with E-state index in [9.17, 15) is 22.8 Å². The minimum Gasteiger partial charge on any atom is -0.466 e. The second kappa shape index (κ2) is 8.49. The summed E-state index contributed by atoms with van der Waals surface area (Å²) in [6.07, 6.45) is -4.22. The minimum atomic E-state index is -4.22. The van der Waals surface area contributed by atoms with Crippen molar-refractivity contribution in [1.29, 1.82) is 0 Å². The van der Waals surface area contributed by atoms with E-state index in [1.807, 2.05) is 0 Å². The van der Waals surface area contributed by atoms with Crippen molar-refractivity contribution in [2.45, 2.75) is 11.7 Å². The maximum Gasteiger partial charge on any atom is 0.444 e. The van der Waals surface area contributed by atoms with Crippen LogP contribution in [0.25, 0.3) is 0 Å². The lowest BCUT2D eigenvalue weighted by Crippen LogP contribution is -2.38. The van der Waals surface area contributed by atoms with Gasteiger partial charge in [0.2, 0.25) is 0 Å². The normalized spacial score (nSPS) is 16.0. The maximum atomic E-state index is 13.2. The molecule has 0 saturated carbocycles. The van der Waals surface area contributed by atoms with Crippen LogP contribution in [0.4, 0.5) is 18.9 Å². The van der Waals surface area contributed by atoms with Gasteiger partial charge in [-0.25, -0.2) is 14.0 Å². The molecule has 1 aliphatic rings. The van der Waals surface area contributed by atoms with E-state index in [0.717, 1.165) is 26.4 Å². The van der Waals surface area contributed by atoms with Crippen molar-refractivity contribution in [3.05, 3.63) is 35.5 Å². The summed E-state index contributed by atoms with van der Waals surface area (Å²) < 4.78 is 57.9. The van der Waals surface area contributed by atoms with Gasteiger partial charge in [0.05, 0.1) is 26.4 Å². The Bertz CT molecular complexity index is 738. The number of carbonyl (C=O) groups excluding carboxylic acids is 2. The fraction of sp³-hybridized carbons (Fsp3) is 0.375. The van der Waals surface area contributed by atoms with Gasteiger partial charge < -0.3 is 23.8 Å². The number of alkyl halides is 4. The fourth-order valence-electron chi connectivity index (χ4n) is 2.24. The average molecular weight is 410 g/mol. The number of hydrogen-bond acceptors (Lipinski definition) is 7. The summed E-state index contributed by atoms with van der Waals surface area (Å²) in [5, 5.41) is 0. The zero-order valence-corrected chi connectivity index (χ0v) is 15.0. The monoisotopic (exact) mass is 409 g/mol. The third kappa shape index (κ3) is 4.64. The highest BCUT2D eigenvalue weighted by Gasteiger charge is 2.42. The second-order valence-corrected chi connectivity index (χ2v) is 5.56. The summed E-state index contributed by atoms with van der Waals surface area (Å²) in [4.78, 5) is 25.3. The van der Waals surface area contributed by atoms with Crippen LogP contribution >= 0.6 is 11.6 Å². The number of carbonyl (C=O) groups is 2. The summed E-state index contributed by atoms with van der Waals surface area (Å²) in [5.41, 5.74) is -2.90. The Morgan fingerprint density at radius 1 is 1.19 bits per heavy atom. The molecule has 0 aliphatic carbocycles. The van der Waals surface area contributed by atoms with Crippen LogP contribution in [-0.2, 0) is 23.8 Å². The molecule has 1 aliphatic heterocycles. The van der Waals surface area contributed by atoms with Gasteiger partial charge in [-0.05, 0) is 24.3 Å². The minimum absolute atomic E-state index is 0.0649. The Morgan fingerprint density at radius 3 is 2.30 bits per heavy atom.